The zero-order valence-corrected chi connectivity index (χ0v) is 15.1. The highest BCUT2D eigenvalue weighted by Gasteiger charge is 2.10. The number of benzene rings is 1. The fourth-order valence-electron chi connectivity index (χ4n) is 2.95. The van der Waals surface area contributed by atoms with Crippen molar-refractivity contribution in [2.45, 2.75) is 6.54 Å². The molecule has 0 saturated carbocycles. The number of nitrogens with zero attached hydrogens (tertiary/aromatic N) is 3. The molecule has 0 bridgehead atoms. The highest BCUT2D eigenvalue weighted by molar-refractivity contribution is 5.98. The number of methoxy groups -OCH3 is 1. The number of rotatable bonds is 5. The molecule has 3 heterocycles. The lowest BCUT2D eigenvalue weighted by Gasteiger charge is -2.05. The Labute approximate surface area is 156 Å². The Morgan fingerprint density at radius 3 is 2.85 bits per heavy atom. The summed E-state index contributed by atoms with van der Waals surface area (Å²) in [6.07, 6.45) is 7.25. The van der Waals surface area contributed by atoms with Crippen molar-refractivity contribution >= 4 is 16.8 Å². The maximum Gasteiger partial charge on any atom is 0.267 e. The van der Waals surface area contributed by atoms with Crippen LogP contribution in [-0.2, 0) is 13.6 Å². The van der Waals surface area contributed by atoms with Crippen molar-refractivity contribution in [1.82, 2.24) is 25.1 Å². The van der Waals surface area contributed by atoms with Crippen LogP contribution in [-0.4, -0.2) is 32.8 Å². The van der Waals surface area contributed by atoms with Crippen molar-refractivity contribution in [2.24, 2.45) is 7.05 Å². The van der Waals surface area contributed by atoms with E-state index in [9.17, 15) is 4.79 Å². The number of amides is 1. The van der Waals surface area contributed by atoms with Crippen LogP contribution in [0.3, 0.4) is 0 Å². The van der Waals surface area contributed by atoms with Gasteiger partial charge >= 0.3 is 0 Å². The van der Waals surface area contributed by atoms with Gasteiger partial charge in [0.25, 0.3) is 5.91 Å². The van der Waals surface area contributed by atoms with Crippen molar-refractivity contribution < 1.29 is 9.53 Å². The van der Waals surface area contributed by atoms with Crippen LogP contribution >= 0.6 is 0 Å². The molecule has 0 atom stereocenters. The van der Waals surface area contributed by atoms with Gasteiger partial charge in [0.1, 0.15) is 11.4 Å². The van der Waals surface area contributed by atoms with Crippen LogP contribution < -0.4 is 10.1 Å². The van der Waals surface area contributed by atoms with Gasteiger partial charge in [-0.05, 0) is 29.8 Å². The standard InChI is InChI=1S/C20H19N5O2/c1-25-12-16(11-23-25)15-5-13(8-21-10-15)9-22-20(26)19-6-14-3-4-17(27-2)7-18(14)24-19/h3-8,10-12,24H,9H2,1-2H3,(H,22,26). The summed E-state index contributed by atoms with van der Waals surface area (Å²) in [5.74, 6) is 0.576. The highest BCUT2D eigenvalue weighted by Crippen LogP contribution is 2.21. The molecule has 136 valence electrons. The third-order valence-electron chi connectivity index (χ3n) is 4.36. The maximum absolute atomic E-state index is 12.5. The van der Waals surface area contributed by atoms with E-state index in [1.54, 1.807) is 30.4 Å². The summed E-state index contributed by atoms with van der Waals surface area (Å²) in [5.41, 5.74) is 4.24. The zero-order valence-electron chi connectivity index (χ0n) is 15.1. The Balaban J connectivity index is 1.48. The first-order valence-corrected chi connectivity index (χ1v) is 8.50. The third-order valence-corrected chi connectivity index (χ3v) is 4.36. The third kappa shape index (κ3) is 3.52. The predicted molar refractivity (Wildman–Crippen MR) is 102 cm³/mol. The molecule has 1 amide bonds. The van der Waals surface area contributed by atoms with Crippen LogP contribution in [0.15, 0.2) is 55.1 Å². The molecule has 2 N–H and O–H groups in total. The van der Waals surface area contributed by atoms with Crippen LogP contribution in [0.25, 0.3) is 22.0 Å². The Kier molecular flexibility index (Phi) is 4.33. The summed E-state index contributed by atoms with van der Waals surface area (Å²) < 4.78 is 6.96. The molecule has 4 aromatic rings. The number of carbonyl (C=O) groups is 1. The van der Waals surface area contributed by atoms with E-state index in [0.29, 0.717) is 12.2 Å². The van der Waals surface area contributed by atoms with E-state index in [1.165, 1.54) is 0 Å². The number of hydrogen-bond acceptors (Lipinski definition) is 4. The van der Waals surface area contributed by atoms with Crippen molar-refractivity contribution in [1.29, 1.82) is 0 Å². The van der Waals surface area contributed by atoms with Gasteiger partial charge in [0, 0.05) is 60.3 Å². The van der Waals surface area contributed by atoms with E-state index in [2.05, 4.69) is 20.4 Å². The van der Waals surface area contributed by atoms with Crippen molar-refractivity contribution in [3.8, 4) is 16.9 Å². The molecule has 3 aromatic heterocycles. The number of hydrogen-bond donors (Lipinski definition) is 2. The lowest BCUT2D eigenvalue weighted by atomic mass is 10.1. The minimum absolute atomic E-state index is 0.169. The number of aromatic nitrogens is 4. The SMILES string of the molecule is COc1ccc2cc(C(=O)NCc3cncc(-c4cnn(C)c4)c3)[nH]c2c1. The largest absolute Gasteiger partial charge is 0.497 e. The van der Waals surface area contributed by atoms with E-state index < -0.39 is 0 Å². The Morgan fingerprint density at radius 1 is 1.19 bits per heavy atom. The average molecular weight is 361 g/mol. The smallest absolute Gasteiger partial charge is 0.267 e. The number of H-pyrrole nitrogens is 1. The molecule has 0 spiro atoms. The first-order chi connectivity index (χ1) is 13.1. The Morgan fingerprint density at radius 2 is 2.07 bits per heavy atom. The van der Waals surface area contributed by atoms with Gasteiger partial charge in [-0.1, -0.05) is 0 Å². The minimum atomic E-state index is -0.169. The molecule has 0 fully saturated rings. The van der Waals surface area contributed by atoms with Gasteiger partial charge in [-0.25, -0.2) is 0 Å². The van der Waals surface area contributed by atoms with Gasteiger partial charge in [-0.2, -0.15) is 5.10 Å². The molecule has 7 heteroatoms. The van der Waals surface area contributed by atoms with Gasteiger partial charge in [0.05, 0.1) is 13.3 Å². The Bertz CT molecular complexity index is 1110. The fraction of sp³-hybridized carbons (Fsp3) is 0.150. The lowest BCUT2D eigenvalue weighted by molar-refractivity contribution is 0.0946. The molecule has 0 aliphatic rings. The predicted octanol–water partition coefficient (Wildman–Crippen LogP) is 2.90. The van der Waals surface area contributed by atoms with Gasteiger partial charge in [-0.3, -0.25) is 14.5 Å². The molecule has 7 nitrogen and oxygen atoms in total. The maximum atomic E-state index is 12.5. The number of fused-ring (bicyclic) bond motifs is 1. The zero-order chi connectivity index (χ0) is 18.8. The van der Waals surface area contributed by atoms with Crippen molar-refractivity contribution in [2.75, 3.05) is 7.11 Å². The first-order valence-electron chi connectivity index (χ1n) is 8.50. The second-order valence-electron chi connectivity index (χ2n) is 6.30. The number of ether oxygens (including phenoxy) is 1. The summed E-state index contributed by atoms with van der Waals surface area (Å²) in [6, 6.07) is 9.48. The molecule has 0 saturated heterocycles. The number of aryl methyl sites for hydroxylation is 1. The number of pyridine rings is 1. The lowest BCUT2D eigenvalue weighted by Crippen LogP contribution is -2.23. The molecule has 0 radical (unpaired) electrons. The Hall–Kier alpha value is -3.61. The normalized spacial score (nSPS) is 10.9. The van der Waals surface area contributed by atoms with Crippen LogP contribution in [0.2, 0.25) is 0 Å². The highest BCUT2D eigenvalue weighted by atomic mass is 16.5. The van der Waals surface area contributed by atoms with E-state index >= 15 is 0 Å². The average Bonchev–Trinajstić information content (AvgIpc) is 3.31. The van der Waals surface area contributed by atoms with Crippen LogP contribution in [0.5, 0.6) is 5.75 Å². The molecule has 4 rings (SSSR count). The fourth-order valence-corrected chi connectivity index (χ4v) is 2.95. The van der Waals surface area contributed by atoms with Gasteiger partial charge < -0.3 is 15.0 Å². The molecule has 0 aliphatic heterocycles. The van der Waals surface area contributed by atoms with Crippen LogP contribution in [0.1, 0.15) is 16.1 Å². The topological polar surface area (TPSA) is 84.8 Å². The summed E-state index contributed by atoms with van der Waals surface area (Å²) in [4.78, 5) is 19.9. The first kappa shape index (κ1) is 16.8. The minimum Gasteiger partial charge on any atom is -0.497 e. The van der Waals surface area contributed by atoms with Crippen LogP contribution in [0, 0.1) is 0 Å². The van der Waals surface area contributed by atoms with E-state index in [-0.39, 0.29) is 5.91 Å². The second kappa shape index (κ2) is 6.95. The summed E-state index contributed by atoms with van der Waals surface area (Å²) in [7, 11) is 3.49. The van der Waals surface area contributed by atoms with E-state index in [4.69, 9.17) is 4.74 Å². The summed E-state index contributed by atoms with van der Waals surface area (Å²) >= 11 is 0. The molecular weight excluding hydrogens is 342 g/mol. The van der Waals surface area contributed by atoms with Gasteiger partial charge in [0.2, 0.25) is 0 Å². The quantitative estimate of drug-likeness (QED) is 0.572. The molecule has 27 heavy (non-hydrogen) atoms. The number of carbonyl (C=O) groups excluding carboxylic acids is 1. The van der Waals surface area contributed by atoms with Gasteiger partial charge in [-0.15, -0.1) is 0 Å². The second-order valence-corrected chi connectivity index (χ2v) is 6.30. The molecular formula is C20H19N5O2. The van der Waals surface area contributed by atoms with Crippen molar-refractivity contribution in [3.63, 3.8) is 0 Å². The van der Waals surface area contributed by atoms with Crippen molar-refractivity contribution in [3.05, 3.63) is 66.4 Å². The summed E-state index contributed by atoms with van der Waals surface area (Å²) in [6.45, 7) is 0.388. The molecule has 0 aliphatic carbocycles. The molecule has 1 aromatic carbocycles. The van der Waals surface area contributed by atoms with Gasteiger partial charge in [0.15, 0.2) is 0 Å². The number of aromatic amines is 1. The van der Waals surface area contributed by atoms with E-state index in [1.807, 2.05) is 43.6 Å². The summed E-state index contributed by atoms with van der Waals surface area (Å²) in [5, 5.41) is 8.06. The monoisotopic (exact) mass is 361 g/mol. The van der Waals surface area contributed by atoms with E-state index in [0.717, 1.165) is 33.3 Å². The van der Waals surface area contributed by atoms with Crippen LogP contribution in [0.4, 0.5) is 0 Å². The number of nitrogens with one attached hydrogen (secondary N) is 2. The molecule has 0 unspecified atom stereocenters.